The Morgan fingerprint density at radius 2 is 1.52 bits per heavy atom. The fourth-order valence-corrected chi connectivity index (χ4v) is 2.03. The molecular formula is C16H16F3NO. The van der Waals surface area contributed by atoms with Crippen molar-refractivity contribution in [2.45, 2.75) is 12.5 Å². The van der Waals surface area contributed by atoms with Crippen molar-refractivity contribution in [3.8, 4) is 0 Å². The number of halogens is 3. The molecule has 0 saturated heterocycles. The minimum atomic E-state index is -0.755. The van der Waals surface area contributed by atoms with Crippen LogP contribution in [0, 0.1) is 17.5 Å². The SMILES string of the molecule is OC(CNCCc1cc(F)cc(F)c1)c1ccc(F)cc1. The summed E-state index contributed by atoms with van der Waals surface area (Å²) in [6, 6.07) is 8.99. The molecule has 2 aromatic rings. The minimum Gasteiger partial charge on any atom is -0.387 e. The lowest BCUT2D eigenvalue weighted by Crippen LogP contribution is -2.23. The summed E-state index contributed by atoms with van der Waals surface area (Å²) in [6.45, 7) is 0.755. The summed E-state index contributed by atoms with van der Waals surface area (Å²) >= 11 is 0. The van der Waals surface area contributed by atoms with Crippen LogP contribution in [-0.2, 0) is 6.42 Å². The van der Waals surface area contributed by atoms with Crippen molar-refractivity contribution >= 4 is 0 Å². The van der Waals surface area contributed by atoms with Gasteiger partial charge in [0.15, 0.2) is 0 Å². The third kappa shape index (κ3) is 4.88. The largest absolute Gasteiger partial charge is 0.387 e. The highest BCUT2D eigenvalue weighted by atomic mass is 19.1. The lowest BCUT2D eigenvalue weighted by molar-refractivity contribution is 0.175. The van der Waals surface area contributed by atoms with E-state index < -0.39 is 17.7 Å². The third-order valence-corrected chi connectivity index (χ3v) is 3.11. The van der Waals surface area contributed by atoms with Gasteiger partial charge in [-0.3, -0.25) is 0 Å². The quantitative estimate of drug-likeness (QED) is 0.803. The Morgan fingerprint density at radius 3 is 2.14 bits per heavy atom. The summed E-state index contributed by atoms with van der Waals surface area (Å²) in [5.74, 6) is -1.56. The molecule has 1 atom stereocenters. The maximum absolute atomic E-state index is 13.0. The summed E-state index contributed by atoms with van der Waals surface area (Å²) in [6.07, 6.45) is -0.306. The number of hydrogen-bond donors (Lipinski definition) is 2. The van der Waals surface area contributed by atoms with E-state index in [0.29, 0.717) is 24.1 Å². The lowest BCUT2D eigenvalue weighted by atomic mass is 10.1. The van der Waals surface area contributed by atoms with Gasteiger partial charge in [-0.2, -0.15) is 0 Å². The smallest absolute Gasteiger partial charge is 0.126 e. The van der Waals surface area contributed by atoms with Crippen LogP contribution in [0.4, 0.5) is 13.2 Å². The maximum atomic E-state index is 13.0. The first-order chi connectivity index (χ1) is 10.0. The Balaban J connectivity index is 1.77. The summed E-state index contributed by atoms with van der Waals surface area (Å²) in [7, 11) is 0. The summed E-state index contributed by atoms with van der Waals surface area (Å²) in [4.78, 5) is 0. The zero-order chi connectivity index (χ0) is 15.2. The molecule has 2 N–H and O–H groups in total. The van der Waals surface area contributed by atoms with E-state index in [1.807, 2.05) is 0 Å². The van der Waals surface area contributed by atoms with E-state index in [2.05, 4.69) is 5.32 Å². The Kier molecular flexibility index (Phi) is 5.36. The number of aliphatic hydroxyl groups excluding tert-OH is 1. The molecular weight excluding hydrogens is 279 g/mol. The highest BCUT2D eigenvalue weighted by molar-refractivity contribution is 5.19. The van der Waals surface area contributed by atoms with Crippen molar-refractivity contribution in [3.63, 3.8) is 0 Å². The van der Waals surface area contributed by atoms with Gasteiger partial charge in [-0.25, -0.2) is 13.2 Å². The Morgan fingerprint density at radius 1 is 0.905 bits per heavy atom. The Bertz CT molecular complexity index is 566. The molecule has 0 spiro atoms. The van der Waals surface area contributed by atoms with Gasteiger partial charge in [-0.05, 0) is 48.4 Å². The second-order valence-corrected chi connectivity index (χ2v) is 4.80. The number of aliphatic hydroxyl groups is 1. The van der Waals surface area contributed by atoms with Crippen LogP contribution >= 0.6 is 0 Å². The monoisotopic (exact) mass is 295 g/mol. The molecule has 0 amide bonds. The molecule has 2 rings (SSSR count). The molecule has 0 saturated carbocycles. The van der Waals surface area contributed by atoms with Crippen molar-refractivity contribution in [2.75, 3.05) is 13.1 Å². The van der Waals surface area contributed by atoms with E-state index in [4.69, 9.17) is 0 Å². The first kappa shape index (κ1) is 15.5. The van der Waals surface area contributed by atoms with Crippen molar-refractivity contribution < 1.29 is 18.3 Å². The van der Waals surface area contributed by atoms with Gasteiger partial charge in [0, 0.05) is 12.6 Å². The van der Waals surface area contributed by atoms with E-state index in [0.717, 1.165) is 6.07 Å². The van der Waals surface area contributed by atoms with Gasteiger partial charge in [0.05, 0.1) is 6.10 Å². The fourth-order valence-electron chi connectivity index (χ4n) is 2.03. The average Bonchev–Trinajstić information content (AvgIpc) is 2.43. The molecule has 1 unspecified atom stereocenters. The van der Waals surface area contributed by atoms with Crippen molar-refractivity contribution in [3.05, 3.63) is 71.0 Å². The molecule has 2 nitrogen and oxygen atoms in total. The molecule has 21 heavy (non-hydrogen) atoms. The topological polar surface area (TPSA) is 32.3 Å². The van der Waals surface area contributed by atoms with Crippen LogP contribution in [0.3, 0.4) is 0 Å². The van der Waals surface area contributed by atoms with Crippen LogP contribution in [0.15, 0.2) is 42.5 Å². The van der Waals surface area contributed by atoms with Gasteiger partial charge in [-0.15, -0.1) is 0 Å². The number of rotatable bonds is 6. The Labute approximate surface area is 121 Å². The van der Waals surface area contributed by atoms with Crippen molar-refractivity contribution in [1.82, 2.24) is 5.32 Å². The Hall–Kier alpha value is -1.85. The number of hydrogen-bond acceptors (Lipinski definition) is 2. The summed E-state index contributed by atoms with van der Waals surface area (Å²) in [5.41, 5.74) is 1.16. The fraction of sp³-hybridized carbons (Fsp3) is 0.250. The van der Waals surface area contributed by atoms with Crippen LogP contribution in [-0.4, -0.2) is 18.2 Å². The van der Waals surface area contributed by atoms with Crippen molar-refractivity contribution in [2.24, 2.45) is 0 Å². The van der Waals surface area contributed by atoms with Crippen LogP contribution in [0.1, 0.15) is 17.2 Å². The van der Waals surface area contributed by atoms with Crippen LogP contribution in [0.25, 0.3) is 0 Å². The zero-order valence-electron chi connectivity index (χ0n) is 11.3. The predicted octanol–water partition coefficient (Wildman–Crippen LogP) is 2.97. The predicted molar refractivity (Wildman–Crippen MR) is 74.3 cm³/mol. The molecule has 0 radical (unpaired) electrons. The van der Waals surface area contributed by atoms with E-state index in [1.54, 1.807) is 0 Å². The van der Waals surface area contributed by atoms with Crippen LogP contribution in [0.5, 0.6) is 0 Å². The van der Waals surface area contributed by atoms with Crippen LogP contribution in [0.2, 0.25) is 0 Å². The molecule has 2 aromatic carbocycles. The van der Waals surface area contributed by atoms with E-state index in [-0.39, 0.29) is 12.4 Å². The van der Waals surface area contributed by atoms with Crippen molar-refractivity contribution in [1.29, 1.82) is 0 Å². The number of nitrogens with one attached hydrogen (secondary N) is 1. The average molecular weight is 295 g/mol. The van der Waals surface area contributed by atoms with E-state index in [1.165, 1.54) is 36.4 Å². The first-order valence-corrected chi connectivity index (χ1v) is 6.64. The zero-order valence-corrected chi connectivity index (χ0v) is 11.3. The standard InChI is InChI=1S/C16H16F3NO/c17-13-3-1-12(2-4-13)16(21)10-20-6-5-11-7-14(18)9-15(19)8-11/h1-4,7-9,16,20-21H,5-6,10H2. The van der Waals surface area contributed by atoms with Gasteiger partial charge in [0.1, 0.15) is 17.5 Å². The molecule has 112 valence electrons. The lowest BCUT2D eigenvalue weighted by Gasteiger charge is -2.12. The normalized spacial score (nSPS) is 12.4. The summed E-state index contributed by atoms with van der Waals surface area (Å²) < 4.78 is 38.7. The molecule has 0 fully saturated rings. The van der Waals surface area contributed by atoms with Gasteiger partial charge in [-0.1, -0.05) is 12.1 Å². The molecule has 0 aromatic heterocycles. The number of benzene rings is 2. The molecule has 0 aliphatic carbocycles. The van der Waals surface area contributed by atoms with Gasteiger partial charge < -0.3 is 10.4 Å². The van der Waals surface area contributed by atoms with Crippen LogP contribution < -0.4 is 5.32 Å². The van der Waals surface area contributed by atoms with Gasteiger partial charge in [0.25, 0.3) is 0 Å². The van der Waals surface area contributed by atoms with E-state index in [9.17, 15) is 18.3 Å². The molecule has 0 aliphatic heterocycles. The maximum Gasteiger partial charge on any atom is 0.126 e. The molecule has 0 aliphatic rings. The van der Waals surface area contributed by atoms with Gasteiger partial charge >= 0.3 is 0 Å². The second-order valence-electron chi connectivity index (χ2n) is 4.80. The third-order valence-electron chi connectivity index (χ3n) is 3.11. The highest BCUT2D eigenvalue weighted by Crippen LogP contribution is 2.12. The minimum absolute atomic E-state index is 0.281. The van der Waals surface area contributed by atoms with E-state index >= 15 is 0 Å². The van der Waals surface area contributed by atoms with Gasteiger partial charge in [0.2, 0.25) is 0 Å². The molecule has 0 heterocycles. The highest BCUT2D eigenvalue weighted by Gasteiger charge is 2.07. The summed E-state index contributed by atoms with van der Waals surface area (Å²) in [5, 5.41) is 12.9. The molecule has 0 bridgehead atoms. The second kappa shape index (κ2) is 7.24. The molecule has 5 heteroatoms. The first-order valence-electron chi connectivity index (χ1n) is 6.64.